The standard InChI is InChI=1S/C7H13NO/c1-5-3-7(9)4-6(2)8-5/h5-6,8H,3-4H2,1-2H3/t5-,6?/m1/s1. The number of carbonyl (C=O) groups excluding carboxylic acids is 1. The minimum Gasteiger partial charge on any atom is -0.311 e. The zero-order chi connectivity index (χ0) is 6.85. The summed E-state index contributed by atoms with van der Waals surface area (Å²) < 4.78 is 0. The predicted molar refractivity (Wildman–Crippen MR) is 36.3 cm³/mol. The molecule has 2 nitrogen and oxygen atoms in total. The average Bonchev–Trinajstić information content (AvgIpc) is 1.59. The van der Waals surface area contributed by atoms with Gasteiger partial charge in [-0.2, -0.15) is 0 Å². The zero-order valence-electron chi connectivity index (χ0n) is 5.98. The van der Waals surface area contributed by atoms with E-state index < -0.39 is 0 Å². The molecule has 0 radical (unpaired) electrons. The molecule has 1 fully saturated rings. The molecule has 52 valence electrons. The Labute approximate surface area is 55.6 Å². The van der Waals surface area contributed by atoms with Crippen LogP contribution in [0, 0.1) is 0 Å². The van der Waals surface area contributed by atoms with E-state index in [9.17, 15) is 4.79 Å². The molecule has 0 amide bonds. The van der Waals surface area contributed by atoms with Crippen molar-refractivity contribution in [3.8, 4) is 0 Å². The second kappa shape index (κ2) is 2.48. The highest BCUT2D eigenvalue weighted by Gasteiger charge is 2.19. The number of hydrogen-bond donors (Lipinski definition) is 1. The van der Waals surface area contributed by atoms with Crippen molar-refractivity contribution in [2.24, 2.45) is 0 Å². The molecular formula is C7H13NO. The zero-order valence-corrected chi connectivity index (χ0v) is 5.98. The SMILES string of the molecule is CC1CC(=O)C[C@@H](C)N1. The first-order valence-electron chi connectivity index (χ1n) is 3.46. The topological polar surface area (TPSA) is 29.1 Å². The van der Waals surface area contributed by atoms with Gasteiger partial charge in [0.15, 0.2) is 0 Å². The number of ketones is 1. The summed E-state index contributed by atoms with van der Waals surface area (Å²) in [4.78, 5) is 10.8. The molecule has 0 saturated carbocycles. The molecule has 0 aromatic carbocycles. The first kappa shape index (κ1) is 6.75. The molecule has 1 aliphatic heterocycles. The third-order valence-electron chi connectivity index (χ3n) is 1.64. The number of carbonyl (C=O) groups is 1. The maximum absolute atomic E-state index is 10.8. The molecule has 0 aliphatic carbocycles. The highest BCUT2D eigenvalue weighted by molar-refractivity contribution is 5.80. The van der Waals surface area contributed by atoms with Crippen molar-refractivity contribution in [3.05, 3.63) is 0 Å². The van der Waals surface area contributed by atoms with E-state index in [2.05, 4.69) is 5.32 Å². The lowest BCUT2D eigenvalue weighted by Gasteiger charge is -2.24. The number of Topliss-reactive ketones (excluding diaryl/α,β-unsaturated/α-hetero) is 1. The van der Waals surface area contributed by atoms with Crippen LogP contribution >= 0.6 is 0 Å². The third-order valence-corrected chi connectivity index (χ3v) is 1.64. The first-order valence-corrected chi connectivity index (χ1v) is 3.46. The maximum atomic E-state index is 10.8. The van der Waals surface area contributed by atoms with Gasteiger partial charge in [0.25, 0.3) is 0 Å². The van der Waals surface area contributed by atoms with Gasteiger partial charge in [-0.3, -0.25) is 4.79 Å². The minimum absolute atomic E-state index is 0.390. The number of hydrogen-bond acceptors (Lipinski definition) is 2. The summed E-state index contributed by atoms with van der Waals surface area (Å²) in [5.41, 5.74) is 0. The Kier molecular flexibility index (Phi) is 1.86. The molecule has 1 aliphatic rings. The Balaban J connectivity index is 2.43. The van der Waals surface area contributed by atoms with Gasteiger partial charge in [0, 0.05) is 24.9 Å². The lowest BCUT2D eigenvalue weighted by molar-refractivity contribution is -0.121. The van der Waals surface area contributed by atoms with Gasteiger partial charge >= 0.3 is 0 Å². The number of rotatable bonds is 0. The van der Waals surface area contributed by atoms with Gasteiger partial charge in [-0.25, -0.2) is 0 Å². The van der Waals surface area contributed by atoms with E-state index in [-0.39, 0.29) is 0 Å². The molecule has 0 aromatic rings. The lowest BCUT2D eigenvalue weighted by Crippen LogP contribution is -2.42. The van der Waals surface area contributed by atoms with Crippen molar-refractivity contribution >= 4 is 5.78 Å². The predicted octanol–water partition coefficient (Wildman–Crippen LogP) is 0.716. The van der Waals surface area contributed by atoms with Gasteiger partial charge in [-0.05, 0) is 13.8 Å². The van der Waals surface area contributed by atoms with Crippen LogP contribution in [0.4, 0.5) is 0 Å². The average molecular weight is 127 g/mol. The summed E-state index contributed by atoms with van der Waals surface area (Å²) in [7, 11) is 0. The Hall–Kier alpha value is -0.370. The van der Waals surface area contributed by atoms with Crippen LogP contribution in [0.1, 0.15) is 26.7 Å². The fourth-order valence-electron chi connectivity index (χ4n) is 1.37. The fraction of sp³-hybridized carbons (Fsp3) is 0.857. The molecule has 0 bridgehead atoms. The van der Waals surface area contributed by atoms with E-state index in [1.807, 2.05) is 13.8 Å². The Morgan fingerprint density at radius 3 is 2.11 bits per heavy atom. The van der Waals surface area contributed by atoms with Crippen LogP contribution < -0.4 is 5.32 Å². The molecular weight excluding hydrogens is 114 g/mol. The van der Waals surface area contributed by atoms with Gasteiger partial charge in [-0.1, -0.05) is 0 Å². The van der Waals surface area contributed by atoms with Crippen LogP contribution in [0.2, 0.25) is 0 Å². The summed E-state index contributed by atoms with van der Waals surface area (Å²) in [6.45, 7) is 4.10. The first-order chi connectivity index (χ1) is 4.18. The Morgan fingerprint density at radius 1 is 1.33 bits per heavy atom. The molecule has 9 heavy (non-hydrogen) atoms. The van der Waals surface area contributed by atoms with E-state index in [1.165, 1.54) is 0 Å². The molecule has 2 atom stereocenters. The molecule has 2 heteroatoms. The highest BCUT2D eigenvalue weighted by Crippen LogP contribution is 2.07. The minimum atomic E-state index is 0.390. The van der Waals surface area contributed by atoms with Crippen molar-refractivity contribution < 1.29 is 4.79 Å². The maximum Gasteiger partial charge on any atom is 0.135 e. The van der Waals surface area contributed by atoms with Crippen molar-refractivity contribution in [2.45, 2.75) is 38.8 Å². The van der Waals surface area contributed by atoms with Gasteiger partial charge in [-0.15, -0.1) is 0 Å². The summed E-state index contributed by atoms with van der Waals surface area (Å²) in [6, 6.07) is 0.780. The Morgan fingerprint density at radius 2 is 1.78 bits per heavy atom. The Bertz CT molecular complexity index is 110. The van der Waals surface area contributed by atoms with Gasteiger partial charge in [0.1, 0.15) is 5.78 Å². The van der Waals surface area contributed by atoms with Crippen LogP contribution in [-0.4, -0.2) is 17.9 Å². The summed E-state index contributed by atoms with van der Waals surface area (Å²) >= 11 is 0. The molecule has 1 heterocycles. The van der Waals surface area contributed by atoms with Crippen LogP contribution in [0.15, 0.2) is 0 Å². The summed E-state index contributed by atoms with van der Waals surface area (Å²) in [5.74, 6) is 0.397. The molecule has 1 rings (SSSR count). The smallest absolute Gasteiger partial charge is 0.135 e. The normalized spacial score (nSPS) is 36.9. The quantitative estimate of drug-likeness (QED) is 0.519. The van der Waals surface area contributed by atoms with E-state index in [0.29, 0.717) is 30.7 Å². The molecule has 1 saturated heterocycles. The van der Waals surface area contributed by atoms with E-state index in [4.69, 9.17) is 0 Å². The molecule has 1 unspecified atom stereocenters. The monoisotopic (exact) mass is 127 g/mol. The lowest BCUT2D eigenvalue weighted by atomic mass is 10.00. The van der Waals surface area contributed by atoms with E-state index in [0.717, 1.165) is 0 Å². The number of nitrogens with one attached hydrogen (secondary N) is 1. The fourth-order valence-corrected chi connectivity index (χ4v) is 1.37. The van der Waals surface area contributed by atoms with Crippen LogP contribution in [-0.2, 0) is 4.79 Å². The summed E-state index contributed by atoms with van der Waals surface area (Å²) in [5, 5.41) is 3.29. The van der Waals surface area contributed by atoms with Crippen molar-refractivity contribution in [2.75, 3.05) is 0 Å². The third kappa shape index (κ3) is 1.79. The molecule has 0 spiro atoms. The van der Waals surface area contributed by atoms with Crippen molar-refractivity contribution in [3.63, 3.8) is 0 Å². The van der Waals surface area contributed by atoms with Crippen LogP contribution in [0.25, 0.3) is 0 Å². The van der Waals surface area contributed by atoms with Gasteiger partial charge < -0.3 is 5.32 Å². The summed E-state index contributed by atoms with van der Waals surface area (Å²) in [6.07, 6.45) is 1.43. The molecule has 1 N–H and O–H groups in total. The van der Waals surface area contributed by atoms with Crippen molar-refractivity contribution in [1.82, 2.24) is 5.32 Å². The highest BCUT2D eigenvalue weighted by atomic mass is 16.1. The largest absolute Gasteiger partial charge is 0.311 e. The van der Waals surface area contributed by atoms with Crippen molar-refractivity contribution in [1.29, 1.82) is 0 Å². The van der Waals surface area contributed by atoms with Gasteiger partial charge in [0.2, 0.25) is 0 Å². The van der Waals surface area contributed by atoms with E-state index >= 15 is 0 Å². The van der Waals surface area contributed by atoms with Crippen LogP contribution in [0.5, 0.6) is 0 Å². The second-order valence-corrected chi connectivity index (χ2v) is 2.92. The van der Waals surface area contributed by atoms with E-state index in [1.54, 1.807) is 0 Å². The number of piperidine rings is 1. The van der Waals surface area contributed by atoms with Crippen LogP contribution in [0.3, 0.4) is 0 Å². The second-order valence-electron chi connectivity index (χ2n) is 2.92. The van der Waals surface area contributed by atoms with Gasteiger partial charge in [0.05, 0.1) is 0 Å². The molecule has 0 aromatic heterocycles.